The van der Waals surface area contributed by atoms with Gasteiger partial charge >= 0.3 is 0 Å². The molecule has 0 aromatic heterocycles. The molecule has 0 bridgehead atoms. The van der Waals surface area contributed by atoms with Gasteiger partial charge in [-0.25, -0.2) is 5.48 Å². The molecule has 1 rings (SSSR count). The fourth-order valence-corrected chi connectivity index (χ4v) is 1.34. The number of hydrogen-bond acceptors (Lipinski definition) is 3. The van der Waals surface area contributed by atoms with Crippen LogP contribution in [0.4, 0.5) is 0 Å². The highest BCUT2D eigenvalue weighted by Crippen LogP contribution is 2.05. The van der Waals surface area contributed by atoms with Crippen LogP contribution in [0.1, 0.15) is 32.6 Å². The first-order valence-electron chi connectivity index (χ1n) is 4.98. The van der Waals surface area contributed by atoms with E-state index in [4.69, 9.17) is 4.84 Å². The highest BCUT2D eigenvalue weighted by atomic mass is 16.7. The number of carbonyl (C=O) groups is 1. The molecule has 0 saturated carbocycles. The van der Waals surface area contributed by atoms with E-state index in [1.165, 1.54) is 0 Å². The molecular formula is C9H18N2O2. The number of hydroxylamine groups is 1. The van der Waals surface area contributed by atoms with Gasteiger partial charge in [0.15, 0.2) is 0 Å². The van der Waals surface area contributed by atoms with Gasteiger partial charge < -0.3 is 5.32 Å². The van der Waals surface area contributed by atoms with Crippen LogP contribution in [0.3, 0.4) is 0 Å². The standard InChI is InChI=1S/C9H18N2O2/c1-2-3-9(12)11-13-8-4-6-10-7-5-8/h8,10H,2-7H2,1H3,(H,11,12). The van der Waals surface area contributed by atoms with Crippen LogP contribution < -0.4 is 10.8 Å². The molecule has 1 heterocycles. The van der Waals surface area contributed by atoms with Crippen molar-refractivity contribution >= 4 is 5.91 Å². The van der Waals surface area contributed by atoms with Crippen molar-refractivity contribution in [1.82, 2.24) is 10.8 Å². The minimum Gasteiger partial charge on any atom is -0.317 e. The van der Waals surface area contributed by atoms with E-state index in [2.05, 4.69) is 10.8 Å². The Labute approximate surface area is 79.0 Å². The summed E-state index contributed by atoms with van der Waals surface area (Å²) in [6.07, 6.45) is 3.56. The van der Waals surface area contributed by atoms with Crippen LogP contribution in [0.2, 0.25) is 0 Å². The second-order valence-electron chi connectivity index (χ2n) is 3.34. The largest absolute Gasteiger partial charge is 0.317 e. The fraction of sp³-hybridized carbons (Fsp3) is 0.889. The second kappa shape index (κ2) is 5.94. The minimum absolute atomic E-state index is 0.0129. The lowest BCUT2D eigenvalue weighted by Crippen LogP contribution is -2.37. The third kappa shape index (κ3) is 4.24. The maximum absolute atomic E-state index is 11.0. The van der Waals surface area contributed by atoms with Crippen molar-refractivity contribution in [2.75, 3.05) is 13.1 Å². The predicted molar refractivity (Wildman–Crippen MR) is 50.0 cm³/mol. The van der Waals surface area contributed by atoms with E-state index in [1.54, 1.807) is 0 Å². The minimum atomic E-state index is -0.0129. The summed E-state index contributed by atoms with van der Waals surface area (Å²) >= 11 is 0. The van der Waals surface area contributed by atoms with Gasteiger partial charge in [-0.15, -0.1) is 0 Å². The van der Waals surface area contributed by atoms with Gasteiger partial charge in [-0.05, 0) is 32.4 Å². The van der Waals surface area contributed by atoms with Crippen LogP contribution in [0.25, 0.3) is 0 Å². The van der Waals surface area contributed by atoms with Crippen LogP contribution in [0.5, 0.6) is 0 Å². The molecule has 2 N–H and O–H groups in total. The Morgan fingerprint density at radius 3 is 2.85 bits per heavy atom. The predicted octanol–water partition coefficient (Wildman–Crippen LogP) is 0.586. The molecule has 1 fully saturated rings. The van der Waals surface area contributed by atoms with Crippen molar-refractivity contribution in [1.29, 1.82) is 0 Å². The quantitative estimate of drug-likeness (QED) is 0.632. The Kier molecular flexibility index (Phi) is 4.78. The van der Waals surface area contributed by atoms with Crippen LogP contribution in [-0.4, -0.2) is 25.1 Å². The number of carbonyl (C=O) groups excluding carboxylic acids is 1. The lowest BCUT2D eigenvalue weighted by atomic mass is 10.1. The zero-order valence-corrected chi connectivity index (χ0v) is 8.14. The summed E-state index contributed by atoms with van der Waals surface area (Å²) in [6, 6.07) is 0. The molecule has 13 heavy (non-hydrogen) atoms. The third-order valence-electron chi connectivity index (χ3n) is 2.10. The number of amides is 1. The third-order valence-corrected chi connectivity index (χ3v) is 2.10. The molecule has 0 unspecified atom stereocenters. The van der Waals surface area contributed by atoms with E-state index in [9.17, 15) is 4.79 Å². The molecule has 1 aliphatic rings. The molecular weight excluding hydrogens is 168 g/mol. The second-order valence-corrected chi connectivity index (χ2v) is 3.34. The van der Waals surface area contributed by atoms with Gasteiger partial charge in [0.1, 0.15) is 0 Å². The normalized spacial score (nSPS) is 18.5. The lowest BCUT2D eigenvalue weighted by Gasteiger charge is -2.22. The van der Waals surface area contributed by atoms with Crippen LogP contribution in [0, 0.1) is 0 Å². The van der Waals surface area contributed by atoms with Crippen LogP contribution in [-0.2, 0) is 9.63 Å². The molecule has 4 nitrogen and oxygen atoms in total. The van der Waals surface area contributed by atoms with Crippen molar-refractivity contribution in [3.8, 4) is 0 Å². The summed E-state index contributed by atoms with van der Waals surface area (Å²) in [5, 5.41) is 3.23. The number of hydrogen-bond donors (Lipinski definition) is 2. The first-order valence-corrected chi connectivity index (χ1v) is 4.98. The molecule has 76 valence electrons. The molecule has 0 aromatic rings. The summed E-state index contributed by atoms with van der Waals surface area (Å²) < 4.78 is 0. The fourth-order valence-electron chi connectivity index (χ4n) is 1.34. The Morgan fingerprint density at radius 1 is 1.54 bits per heavy atom. The van der Waals surface area contributed by atoms with E-state index >= 15 is 0 Å². The highest BCUT2D eigenvalue weighted by molar-refractivity contribution is 5.74. The summed E-state index contributed by atoms with van der Waals surface area (Å²) in [5.41, 5.74) is 2.49. The molecule has 4 heteroatoms. The van der Waals surface area contributed by atoms with E-state index < -0.39 is 0 Å². The van der Waals surface area contributed by atoms with Crippen molar-refractivity contribution in [3.63, 3.8) is 0 Å². The summed E-state index contributed by atoms with van der Waals surface area (Å²) in [7, 11) is 0. The Morgan fingerprint density at radius 2 is 2.23 bits per heavy atom. The first kappa shape index (κ1) is 10.5. The van der Waals surface area contributed by atoms with E-state index in [0.29, 0.717) is 6.42 Å². The molecule has 1 amide bonds. The van der Waals surface area contributed by atoms with Crippen LogP contribution >= 0.6 is 0 Å². The molecule has 0 radical (unpaired) electrons. The van der Waals surface area contributed by atoms with E-state index in [1.807, 2.05) is 6.92 Å². The molecule has 1 saturated heterocycles. The molecule has 0 aliphatic carbocycles. The molecule has 0 atom stereocenters. The smallest absolute Gasteiger partial charge is 0.243 e. The Bertz CT molecular complexity index is 156. The maximum Gasteiger partial charge on any atom is 0.243 e. The van der Waals surface area contributed by atoms with Gasteiger partial charge in [0.05, 0.1) is 6.10 Å². The van der Waals surface area contributed by atoms with E-state index in [0.717, 1.165) is 32.4 Å². The summed E-state index contributed by atoms with van der Waals surface area (Å²) in [5.74, 6) is -0.0129. The zero-order chi connectivity index (χ0) is 9.52. The van der Waals surface area contributed by atoms with Crippen molar-refractivity contribution in [2.24, 2.45) is 0 Å². The Hall–Kier alpha value is -0.610. The van der Waals surface area contributed by atoms with E-state index in [-0.39, 0.29) is 12.0 Å². The topological polar surface area (TPSA) is 50.4 Å². The first-order chi connectivity index (χ1) is 6.33. The highest BCUT2D eigenvalue weighted by Gasteiger charge is 2.14. The van der Waals surface area contributed by atoms with Crippen LogP contribution in [0.15, 0.2) is 0 Å². The van der Waals surface area contributed by atoms with Crippen molar-refractivity contribution < 1.29 is 9.63 Å². The maximum atomic E-state index is 11.0. The lowest BCUT2D eigenvalue weighted by molar-refractivity contribution is -0.139. The van der Waals surface area contributed by atoms with Gasteiger partial charge in [0.2, 0.25) is 5.91 Å². The van der Waals surface area contributed by atoms with Gasteiger partial charge in [-0.2, -0.15) is 0 Å². The summed E-state index contributed by atoms with van der Waals surface area (Å²) in [6.45, 7) is 3.94. The van der Waals surface area contributed by atoms with Gasteiger partial charge in [-0.3, -0.25) is 9.63 Å². The molecule has 1 aliphatic heterocycles. The zero-order valence-electron chi connectivity index (χ0n) is 8.14. The number of nitrogens with one attached hydrogen (secondary N) is 2. The average molecular weight is 186 g/mol. The van der Waals surface area contributed by atoms with Crippen molar-refractivity contribution in [3.05, 3.63) is 0 Å². The van der Waals surface area contributed by atoms with Gasteiger partial charge in [0, 0.05) is 6.42 Å². The average Bonchev–Trinajstić information content (AvgIpc) is 2.17. The molecule has 0 aromatic carbocycles. The number of piperidine rings is 1. The van der Waals surface area contributed by atoms with Gasteiger partial charge in [-0.1, -0.05) is 6.92 Å². The number of rotatable bonds is 4. The summed E-state index contributed by atoms with van der Waals surface area (Å²) in [4.78, 5) is 16.3. The molecule has 0 spiro atoms. The Balaban J connectivity index is 2.06. The van der Waals surface area contributed by atoms with Gasteiger partial charge in [0.25, 0.3) is 0 Å². The van der Waals surface area contributed by atoms with Crippen molar-refractivity contribution in [2.45, 2.75) is 38.7 Å². The SMILES string of the molecule is CCCC(=O)NOC1CCNCC1. The monoisotopic (exact) mass is 186 g/mol.